The quantitative estimate of drug-likeness (QED) is 0.332. The smallest absolute Gasteiger partial charge is 0.130 e. The van der Waals surface area contributed by atoms with Gasteiger partial charge in [0, 0.05) is 29.1 Å². The number of allylic oxidation sites excluding steroid dienone is 3. The normalized spacial score (nSPS) is 20.1. The summed E-state index contributed by atoms with van der Waals surface area (Å²) in [5.41, 5.74) is 11.6. The van der Waals surface area contributed by atoms with Crippen molar-refractivity contribution in [1.82, 2.24) is 10.3 Å². The molecule has 35 heavy (non-hydrogen) atoms. The molecule has 2 unspecified atom stereocenters. The van der Waals surface area contributed by atoms with Gasteiger partial charge in [-0.3, -0.25) is 0 Å². The molecule has 1 aliphatic heterocycles. The van der Waals surface area contributed by atoms with E-state index in [0.29, 0.717) is 6.61 Å². The number of nitrogens with two attached hydrogens (primary N) is 1. The number of nitrogens with one attached hydrogen (secondary N) is 2. The van der Waals surface area contributed by atoms with Crippen LogP contribution in [-0.4, -0.2) is 11.6 Å². The van der Waals surface area contributed by atoms with Crippen LogP contribution in [0, 0.1) is 5.92 Å². The van der Waals surface area contributed by atoms with E-state index in [1.807, 2.05) is 43.3 Å². The van der Waals surface area contributed by atoms with Crippen LogP contribution < -0.4 is 21.1 Å². The second-order valence-corrected chi connectivity index (χ2v) is 8.65. The lowest BCUT2D eigenvalue weighted by atomic mass is 9.90. The molecule has 3 aromatic rings. The van der Waals surface area contributed by atoms with E-state index < -0.39 is 0 Å². The first kappa shape index (κ1) is 24.1. The number of hydrogen-bond donors (Lipinski definition) is 3. The Morgan fingerprint density at radius 1 is 1.09 bits per heavy atom. The van der Waals surface area contributed by atoms with Crippen LogP contribution in [0.2, 0.25) is 0 Å². The lowest BCUT2D eigenvalue weighted by molar-refractivity contribution is 0.310. The number of ether oxygens (including phenoxy) is 1. The van der Waals surface area contributed by atoms with Crippen molar-refractivity contribution in [3.05, 3.63) is 125 Å². The van der Waals surface area contributed by atoms with Gasteiger partial charge in [0.05, 0.1) is 12.6 Å². The molecule has 0 bridgehead atoms. The van der Waals surface area contributed by atoms with E-state index in [9.17, 15) is 0 Å². The van der Waals surface area contributed by atoms with E-state index in [4.69, 9.17) is 10.5 Å². The Hall–Kier alpha value is -3.99. The summed E-state index contributed by atoms with van der Waals surface area (Å²) in [5.74, 6) is 1.89. The number of hydrogen-bond acceptors (Lipinski definition) is 5. The highest BCUT2D eigenvalue weighted by Gasteiger charge is 2.34. The summed E-state index contributed by atoms with van der Waals surface area (Å²) in [6.45, 7) is 4.98. The van der Waals surface area contributed by atoms with Gasteiger partial charge in [-0.1, -0.05) is 61.5 Å². The van der Waals surface area contributed by atoms with E-state index in [1.54, 1.807) is 12.4 Å². The summed E-state index contributed by atoms with van der Waals surface area (Å²) in [4.78, 5) is 4.42. The van der Waals surface area contributed by atoms with Crippen molar-refractivity contribution < 1.29 is 4.74 Å². The maximum atomic E-state index is 6.11. The van der Waals surface area contributed by atoms with Crippen LogP contribution in [-0.2, 0) is 6.42 Å². The molecule has 2 heterocycles. The van der Waals surface area contributed by atoms with Crippen LogP contribution in [0.5, 0.6) is 5.75 Å². The molecule has 0 radical (unpaired) electrons. The lowest BCUT2D eigenvalue weighted by Crippen LogP contribution is -2.16. The van der Waals surface area contributed by atoms with Gasteiger partial charge in [0.15, 0.2) is 0 Å². The molecule has 1 aliphatic rings. The minimum atomic E-state index is 0.121. The van der Waals surface area contributed by atoms with Crippen LogP contribution in [0.1, 0.15) is 37.4 Å². The van der Waals surface area contributed by atoms with Crippen LogP contribution in [0.3, 0.4) is 0 Å². The highest BCUT2D eigenvalue weighted by atomic mass is 16.5. The highest BCUT2D eigenvalue weighted by Crippen LogP contribution is 2.41. The van der Waals surface area contributed by atoms with Gasteiger partial charge in [0.1, 0.15) is 11.6 Å². The average Bonchev–Trinajstić information content (AvgIpc) is 3.24. The summed E-state index contributed by atoms with van der Waals surface area (Å²) in [7, 11) is 0. The van der Waals surface area contributed by atoms with E-state index in [2.05, 4.69) is 71.1 Å². The van der Waals surface area contributed by atoms with E-state index in [1.165, 1.54) is 16.7 Å². The zero-order valence-corrected chi connectivity index (χ0v) is 20.4. The van der Waals surface area contributed by atoms with E-state index >= 15 is 0 Å². The molecule has 5 heteroatoms. The molecule has 1 fully saturated rings. The Morgan fingerprint density at radius 2 is 1.91 bits per heavy atom. The van der Waals surface area contributed by atoms with Crippen LogP contribution in [0.4, 0.5) is 5.82 Å². The minimum absolute atomic E-state index is 0.121. The summed E-state index contributed by atoms with van der Waals surface area (Å²) >= 11 is 0. The third-order valence-corrected chi connectivity index (χ3v) is 6.26. The highest BCUT2D eigenvalue weighted by molar-refractivity contribution is 5.54. The van der Waals surface area contributed by atoms with Crippen molar-refractivity contribution in [2.45, 2.75) is 32.7 Å². The SMILES string of the molecule is C\C=C1/NC(c2cccc(OCCCc3ccccc3)c2)C(C)/C1=C(/C=C\N)Nc1ccccn1. The monoisotopic (exact) mass is 466 g/mol. The van der Waals surface area contributed by atoms with Gasteiger partial charge >= 0.3 is 0 Å². The third-order valence-electron chi connectivity index (χ3n) is 6.26. The summed E-state index contributed by atoms with van der Waals surface area (Å²) in [5, 5.41) is 7.15. The fraction of sp³-hybridized carbons (Fsp3) is 0.233. The number of nitrogens with zero attached hydrogens (tertiary/aromatic N) is 1. The lowest BCUT2D eigenvalue weighted by Gasteiger charge is -2.18. The number of anilines is 1. The largest absolute Gasteiger partial charge is 0.494 e. The van der Waals surface area contributed by atoms with Gasteiger partial charge in [-0.15, -0.1) is 0 Å². The number of aryl methyl sites for hydroxylation is 1. The zero-order valence-electron chi connectivity index (χ0n) is 20.4. The Bertz CT molecular complexity index is 1190. The van der Waals surface area contributed by atoms with Gasteiger partial charge in [0.25, 0.3) is 0 Å². The Kier molecular flexibility index (Phi) is 8.23. The molecule has 180 valence electrons. The van der Waals surface area contributed by atoms with Crippen molar-refractivity contribution in [2.75, 3.05) is 11.9 Å². The minimum Gasteiger partial charge on any atom is -0.494 e. The van der Waals surface area contributed by atoms with Crippen molar-refractivity contribution in [2.24, 2.45) is 11.7 Å². The maximum Gasteiger partial charge on any atom is 0.130 e. The van der Waals surface area contributed by atoms with Gasteiger partial charge < -0.3 is 21.1 Å². The van der Waals surface area contributed by atoms with Gasteiger partial charge in [-0.2, -0.15) is 0 Å². The Labute approximate surface area is 208 Å². The molecule has 0 spiro atoms. The fourth-order valence-corrected chi connectivity index (χ4v) is 4.56. The second kappa shape index (κ2) is 11.9. The molecular formula is C30H34N4O. The number of aromatic nitrogens is 1. The predicted molar refractivity (Wildman–Crippen MR) is 144 cm³/mol. The topological polar surface area (TPSA) is 72.2 Å². The molecule has 0 saturated carbocycles. The van der Waals surface area contributed by atoms with Gasteiger partial charge in [-0.25, -0.2) is 4.98 Å². The summed E-state index contributed by atoms with van der Waals surface area (Å²) in [6.07, 6.45) is 9.35. The first-order valence-electron chi connectivity index (χ1n) is 12.2. The van der Waals surface area contributed by atoms with Crippen LogP contribution >= 0.6 is 0 Å². The number of benzene rings is 2. The van der Waals surface area contributed by atoms with Crippen LogP contribution in [0.25, 0.3) is 0 Å². The van der Waals surface area contributed by atoms with Crippen LogP contribution in [0.15, 0.2) is 114 Å². The number of rotatable bonds is 9. The summed E-state index contributed by atoms with van der Waals surface area (Å²) in [6, 6.07) is 24.9. The zero-order chi connectivity index (χ0) is 24.5. The molecule has 1 aromatic heterocycles. The first-order chi connectivity index (χ1) is 17.2. The fourth-order valence-electron chi connectivity index (χ4n) is 4.56. The standard InChI is InChI=1S/C30H34N4O/c1-3-26-29(27(17-18-31)33-28-16-7-8-19-32-28)22(2)30(34-26)24-14-9-15-25(21-24)35-20-10-13-23-11-5-4-6-12-23/h3-9,11-12,14-19,21-22,30,34H,10,13,20,31H2,1-2H3,(H,32,33)/b18-17-,26-3-,29-27+. The van der Waals surface area contributed by atoms with Gasteiger partial charge in [-0.05, 0) is 67.4 Å². The predicted octanol–water partition coefficient (Wildman–Crippen LogP) is 6.12. The number of pyridine rings is 1. The molecule has 4 N–H and O–H groups in total. The molecule has 1 saturated heterocycles. The van der Waals surface area contributed by atoms with E-state index in [-0.39, 0.29) is 12.0 Å². The molecule has 0 amide bonds. The average molecular weight is 467 g/mol. The molecule has 2 aromatic carbocycles. The van der Waals surface area contributed by atoms with Gasteiger partial charge in [0.2, 0.25) is 0 Å². The maximum absolute atomic E-state index is 6.11. The van der Waals surface area contributed by atoms with Crippen molar-refractivity contribution in [3.8, 4) is 5.75 Å². The third kappa shape index (κ3) is 6.12. The van der Waals surface area contributed by atoms with Crippen molar-refractivity contribution >= 4 is 5.82 Å². The Morgan fingerprint density at radius 3 is 2.66 bits per heavy atom. The molecule has 4 rings (SSSR count). The Balaban J connectivity index is 1.49. The molecule has 2 atom stereocenters. The first-order valence-corrected chi connectivity index (χ1v) is 12.2. The molecular weight excluding hydrogens is 432 g/mol. The van der Waals surface area contributed by atoms with Crippen molar-refractivity contribution in [1.29, 1.82) is 0 Å². The van der Waals surface area contributed by atoms with Crippen molar-refractivity contribution in [3.63, 3.8) is 0 Å². The summed E-state index contributed by atoms with van der Waals surface area (Å²) < 4.78 is 6.11. The second-order valence-electron chi connectivity index (χ2n) is 8.65. The van der Waals surface area contributed by atoms with E-state index in [0.717, 1.165) is 35.8 Å². The molecule has 0 aliphatic carbocycles. The molecule has 5 nitrogen and oxygen atoms in total.